The number of carbonyl (C=O) groups excluding carboxylic acids is 1. The fourth-order valence-corrected chi connectivity index (χ4v) is 5.47. The van der Waals surface area contributed by atoms with Gasteiger partial charge < -0.3 is 9.64 Å². The van der Waals surface area contributed by atoms with Gasteiger partial charge in [0.25, 0.3) is 5.91 Å². The highest BCUT2D eigenvalue weighted by Crippen LogP contribution is 2.33. The number of amides is 1. The van der Waals surface area contributed by atoms with E-state index in [1.165, 1.54) is 16.8 Å². The van der Waals surface area contributed by atoms with Gasteiger partial charge in [0.05, 0.1) is 30.7 Å². The van der Waals surface area contributed by atoms with E-state index in [2.05, 4.69) is 33.8 Å². The van der Waals surface area contributed by atoms with Crippen LogP contribution in [0.3, 0.4) is 0 Å². The summed E-state index contributed by atoms with van der Waals surface area (Å²) in [6.45, 7) is 3.10. The third kappa shape index (κ3) is 5.19. The summed E-state index contributed by atoms with van der Waals surface area (Å²) < 4.78 is 7.41. The fourth-order valence-electron chi connectivity index (χ4n) is 5.28. The van der Waals surface area contributed by atoms with E-state index < -0.39 is 0 Å². The third-order valence-electron chi connectivity index (χ3n) is 7.43. The number of fused-ring (bicyclic) bond motifs is 1. The summed E-state index contributed by atoms with van der Waals surface area (Å²) in [6.07, 6.45) is 2.95. The Labute approximate surface area is 228 Å². The SMILES string of the molecule is COc1ccc(CN2CCc3c(c(CN(C(=O)c4cccc(Cl)c4)C4CC4)nn3-c3ccccc3)C2)cc1. The molecule has 1 saturated carbocycles. The van der Waals surface area contributed by atoms with Crippen molar-refractivity contribution in [1.29, 1.82) is 0 Å². The van der Waals surface area contributed by atoms with Crippen LogP contribution >= 0.6 is 11.6 Å². The lowest BCUT2D eigenvalue weighted by atomic mass is 10.0. The van der Waals surface area contributed by atoms with Crippen molar-refractivity contribution in [2.75, 3.05) is 13.7 Å². The number of rotatable bonds is 8. The molecule has 0 N–H and O–H groups in total. The maximum atomic E-state index is 13.6. The van der Waals surface area contributed by atoms with E-state index in [1.54, 1.807) is 19.2 Å². The highest BCUT2D eigenvalue weighted by atomic mass is 35.5. The van der Waals surface area contributed by atoms with Crippen molar-refractivity contribution < 1.29 is 9.53 Å². The average Bonchev–Trinajstić information content (AvgIpc) is 3.74. The molecule has 1 aliphatic heterocycles. The Hall–Kier alpha value is -3.61. The van der Waals surface area contributed by atoms with Crippen molar-refractivity contribution >= 4 is 17.5 Å². The van der Waals surface area contributed by atoms with Gasteiger partial charge in [-0.1, -0.05) is 48.0 Å². The van der Waals surface area contributed by atoms with Crippen LogP contribution in [-0.2, 0) is 26.1 Å². The summed E-state index contributed by atoms with van der Waals surface area (Å²) in [5.74, 6) is 0.884. The zero-order chi connectivity index (χ0) is 26.1. The number of hydrogen-bond acceptors (Lipinski definition) is 4. The largest absolute Gasteiger partial charge is 0.497 e. The van der Waals surface area contributed by atoms with Gasteiger partial charge in [-0.05, 0) is 60.9 Å². The van der Waals surface area contributed by atoms with Crippen LogP contribution in [0, 0.1) is 0 Å². The normalized spacial score (nSPS) is 15.2. The maximum Gasteiger partial charge on any atom is 0.254 e. The van der Waals surface area contributed by atoms with Crippen LogP contribution in [0.25, 0.3) is 5.69 Å². The van der Waals surface area contributed by atoms with E-state index in [4.69, 9.17) is 21.4 Å². The molecule has 4 aromatic rings. The number of nitrogens with zero attached hydrogens (tertiary/aromatic N) is 4. The monoisotopic (exact) mass is 526 g/mol. The molecule has 2 heterocycles. The predicted molar refractivity (Wildman–Crippen MR) is 149 cm³/mol. The van der Waals surface area contributed by atoms with Crippen LogP contribution in [0.2, 0.25) is 5.02 Å². The van der Waals surface area contributed by atoms with E-state index in [1.807, 2.05) is 47.4 Å². The number of ether oxygens (including phenoxy) is 1. The molecule has 7 heteroatoms. The second-order valence-corrected chi connectivity index (χ2v) is 10.5. The van der Waals surface area contributed by atoms with Crippen molar-refractivity contribution in [3.63, 3.8) is 0 Å². The first-order chi connectivity index (χ1) is 18.6. The highest BCUT2D eigenvalue weighted by molar-refractivity contribution is 6.30. The quantitative estimate of drug-likeness (QED) is 0.287. The Balaban J connectivity index is 1.31. The van der Waals surface area contributed by atoms with E-state index in [9.17, 15) is 4.79 Å². The van der Waals surface area contributed by atoms with Gasteiger partial charge >= 0.3 is 0 Å². The molecule has 6 rings (SSSR count). The molecule has 0 bridgehead atoms. The van der Waals surface area contributed by atoms with Crippen LogP contribution in [0.1, 0.15) is 45.7 Å². The molecule has 194 valence electrons. The topological polar surface area (TPSA) is 50.6 Å². The van der Waals surface area contributed by atoms with Crippen LogP contribution in [0.15, 0.2) is 78.9 Å². The Bertz CT molecular complexity index is 1430. The predicted octanol–water partition coefficient (Wildman–Crippen LogP) is 5.90. The molecule has 3 aromatic carbocycles. The third-order valence-corrected chi connectivity index (χ3v) is 7.66. The van der Waals surface area contributed by atoms with Crippen LogP contribution in [0.4, 0.5) is 0 Å². The van der Waals surface area contributed by atoms with E-state index in [0.717, 1.165) is 56.0 Å². The van der Waals surface area contributed by atoms with Gasteiger partial charge in [-0.25, -0.2) is 4.68 Å². The van der Waals surface area contributed by atoms with Gasteiger partial charge in [0.15, 0.2) is 0 Å². The summed E-state index contributed by atoms with van der Waals surface area (Å²) in [6, 6.07) is 26.1. The lowest BCUT2D eigenvalue weighted by molar-refractivity contribution is 0.0726. The number of aromatic nitrogens is 2. The lowest BCUT2D eigenvalue weighted by Crippen LogP contribution is -2.34. The molecule has 0 spiro atoms. The number of methoxy groups -OCH3 is 1. The summed E-state index contributed by atoms with van der Waals surface area (Å²) in [4.78, 5) is 18.1. The van der Waals surface area contributed by atoms with Crippen molar-refractivity contribution in [3.8, 4) is 11.4 Å². The smallest absolute Gasteiger partial charge is 0.254 e. The number of carbonyl (C=O) groups is 1. The van der Waals surface area contributed by atoms with Crippen molar-refractivity contribution in [3.05, 3.63) is 112 Å². The van der Waals surface area contributed by atoms with Crippen molar-refractivity contribution in [1.82, 2.24) is 19.6 Å². The second kappa shape index (κ2) is 10.6. The van der Waals surface area contributed by atoms with Gasteiger partial charge in [-0.2, -0.15) is 5.10 Å². The Morgan fingerprint density at radius 3 is 2.55 bits per heavy atom. The maximum absolute atomic E-state index is 13.6. The Morgan fingerprint density at radius 1 is 1.05 bits per heavy atom. The van der Waals surface area contributed by atoms with Crippen LogP contribution in [-0.4, -0.2) is 45.2 Å². The standard InChI is InChI=1S/C31H31ClN4O2/c1-38-27-14-10-22(11-15-27)19-34-17-16-30-28(20-34)29(33-36(30)26-8-3-2-4-9-26)21-35(25-12-13-25)31(37)23-6-5-7-24(32)18-23/h2-11,14-15,18,25H,12-13,16-17,19-21H2,1H3. The summed E-state index contributed by atoms with van der Waals surface area (Å²) in [5.41, 5.74) is 6.38. The van der Waals surface area contributed by atoms with Crippen molar-refractivity contribution in [2.45, 2.75) is 44.9 Å². The molecule has 0 atom stereocenters. The van der Waals surface area contributed by atoms with E-state index in [0.29, 0.717) is 17.1 Å². The van der Waals surface area contributed by atoms with Crippen LogP contribution in [0.5, 0.6) is 5.75 Å². The van der Waals surface area contributed by atoms with E-state index in [-0.39, 0.29) is 11.9 Å². The lowest BCUT2D eigenvalue weighted by Gasteiger charge is -2.29. The van der Waals surface area contributed by atoms with Gasteiger partial charge in [0.2, 0.25) is 0 Å². The minimum atomic E-state index is 0.0175. The molecule has 38 heavy (non-hydrogen) atoms. The fraction of sp³-hybridized carbons (Fsp3) is 0.290. The van der Waals surface area contributed by atoms with Crippen molar-refractivity contribution in [2.24, 2.45) is 0 Å². The molecular weight excluding hydrogens is 496 g/mol. The average molecular weight is 527 g/mol. The summed E-state index contributed by atoms with van der Waals surface area (Å²) in [7, 11) is 1.69. The zero-order valence-corrected chi connectivity index (χ0v) is 22.3. The minimum absolute atomic E-state index is 0.0175. The molecule has 1 fully saturated rings. The Kier molecular flexibility index (Phi) is 6.92. The molecule has 0 unspecified atom stereocenters. The van der Waals surface area contributed by atoms with Gasteiger partial charge in [-0.3, -0.25) is 9.69 Å². The molecule has 1 aromatic heterocycles. The zero-order valence-electron chi connectivity index (χ0n) is 21.5. The summed E-state index contributed by atoms with van der Waals surface area (Å²) >= 11 is 6.22. The van der Waals surface area contributed by atoms with Gasteiger partial charge in [-0.15, -0.1) is 0 Å². The first kappa shape index (κ1) is 24.7. The molecule has 6 nitrogen and oxygen atoms in total. The van der Waals surface area contributed by atoms with E-state index >= 15 is 0 Å². The van der Waals surface area contributed by atoms with Gasteiger partial charge in [0, 0.05) is 48.2 Å². The van der Waals surface area contributed by atoms with Gasteiger partial charge in [0.1, 0.15) is 5.75 Å². The number of halogens is 1. The number of para-hydroxylation sites is 1. The minimum Gasteiger partial charge on any atom is -0.497 e. The molecule has 2 aliphatic rings. The van der Waals surface area contributed by atoms with Crippen LogP contribution < -0.4 is 4.74 Å². The Morgan fingerprint density at radius 2 is 1.84 bits per heavy atom. The first-order valence-corrected chi connectivity index (χ1v) is 13.5. The molecule has 0 radical (unpaired) electrons. The number of hydrogen-bond donors (Lipinski definition) is 0. The highest BCUT2D eigenvalue weighted by Gasteiger charge is 2.35. The second-order valence-electron chi connectivity index (χ2n) is 10.1. The number of benzene rings is 3. The first-order valence-electron chi connectivity index (χ1n) is 13.2. The molecule has 1 aliphatic carbocycles. The molecule has 0 saturated heterocycles. The molecule has 1 amide bonds. The summed E-state index contributed by atoms with van der Waals surface area (Å²) in [5, 5.41) is 5.70. The molecular formula is C31H31ClN4O2.